The Hall–Kier alpha value is -1.55. The Balaban J connectivity index is 1.80. The lowest BCUT2D eigenvalue weighted by Gasteiger charge is -2.10. The molecule has 98 valence electrons. The van der Waals surface area contributed by atoms with Crippen molar-refractivity contribution in [3.8, 4) is 5.75 Å². The third kappa shape index (κ3) is 3.74. The van der Waals surface area contributed by atoms with Gasteiger partial charge < -0.3 is 15.2 Å². The summed E-state index contributed by atoms with van der Waals surface area (Å²) in [6, 6.07) is 7.56. The number of ether oxygens (including phenoxy) is 1. The fraction of sp³-hybridized carbons (Fsp3) is 0.500. The van der Waals surface area contributed by atoms with E-state index in [1.807, 2.05) is 19.1 Å². The molecule has 0 unspecified atom stereocenters. The minimum atomic E-state index is -0.433. The van der Waals surface area contributed by atoms with Crippen molar-refractivity contribution < 1.29 is 14.6 Å². The van der Waals surface area contributed by atoms with Gasteiger partial charge in [-0.3, -0.25) is 4.79 Å². The SMILES string of the molecule is CC[C@H](O)c1ccc(OCC(=O)NC2CC2)cc1. The summed E-state index contributed by atoms with van der Waals surface area (Å²) in [7, 11) is 0. The Labute approximate surface area is 107 Å². The van der Waals surface area contributed by atoms with E-state index in [0.717, 1.165) is 18.4 Å². The molecule has 2 rings (SSSR count). The van der Waals surface area contributed by atoms with Gasteiger partial charge in [-0.15, -0.1) is 0 Å². The second-order valence-corrected chi connectivity index (χ2v) is 4.62. The van der Waals surface area contributed by atoms with Crippen LogP contribution in [0, 0.1) is 0 Å². The molecule has 1 amide bonds. The Bertz CT molecular complexity index is 398. The minimum absolute atomic E-state index is 0.0478. The maximum Gasteiger partial charge on any atom is 0.258 e. The number of nitrogens with one attached hydrogen (secondary N) is 1. The largest absolute Gasteiger partial charge is 0.484 e. The minimum Gasteiger partial charge on any atom is -0.484 e. The second kappa shape index (κ2) is 5.87. The topological polar surface area (TPSA) is 58.6 Å². The van der Waals surface area contributed by atoms with Crippen LogP contribution < -0.4 is 10.1 Å². The first-order chi connectivity index (χ1) is 8.69. The van der Waals surface area contributed by atoms with E-state index in [4.69, 9.17) is 4.74 Å². The first-order valence-corrected chi connectivity index (χ1v) is 6.39. The molecule has 1 saturated carbocycles. The van der Waals surface area contributed by atoms with Gasteiger partial charge in [0.2, 0.25) is 0 Å². The highest BCUT2D eigenvalue weighted by Gasteiger charge is 2.23. The number of carbonyl (C=O) groups excluding carboxylic acids is 1. The average molecular weight is 249 g/mol. The molecule has 4 heteroatoms. The first-order valence-electron chi connectivity index (χ1n) is 6.39. The van der Waals surface area contributed by atoms with Crippen molar-refractivity contribution in [2.24, 2.45) is 0 Å². The molecule has 1 aromatic rings. The van der Waals surface area contributed by atoms with Crippen LogP contribution in [0.2, 0.25) is 0 Å². The Morgan fingerprint density at radius 3 is 2.67 bits per heavy atom. The van der Waals surface area contributed by atoms with Crippen molar-refractivity contribution in [3.05, 3.63) is 29.8 Å². The molecule has 0 bridgehead atoms. The van der Waals surface area contributed by atoms with Crippen molar-refractivity contribution in [1.29, 1.82) is 0 Å². The monoisotopic (exact) mass is 249 g/mol. The molecule has 18 heavy (non-hydrogen) atoms. The fourth-order valence-electron chi connectivity index (χ4n) is 1.67. The van der Waals surface area contributed by atoms with E-state index < -0.39 is 6.10 Å². The lowest BCUT2D eigenvalue weighted by molar-refractivity contribution is -0.123. The number of amides is 1. The van der Waals surface area contributed by atoms with Crippen molar-refractivity contribution >= 4 is 5.91 Å². The van der Waals surface area contributed by atoms with Gasteiger partial charge in [0, 0.05) is 6.04 Å². The summed E-state index contributed by atoms with van der Waals surface area (Å²) in [5.74, 6) is 0.572. The summed E-state index contributed by atoms with van der Waals surface area (Å²) in [5, 5.41) is 12.5. The van der Waals surface area contributed by atoms with Gasteiger partial charge >= 0.3 is 0 Å². The molecular formula is C14H19NO3. The number of benzene rings is 1. The summed E-state index contributed by atoms with van der Waals surface area (Å²) in [5.41, 5.74) is 0.868. The maximum absolute atomic E-state index is 11.4. The van der Waals surface area contributed by atoms with Crippen LogP contribution in [0.1, 0.15) is 37.9 Å². The molecule has 0 spiro atoms. The van der Waals surface area contributed by atoms with E-state index in [2.05, 4.69) is 5.32 Å². The highest BCUT2D eigenvalue weighted by molar-refractivity contribution is 5.78. The van der Waals surface area contributed by atoms with Crippen LogP contribution in [0.3, 0.4) is 0 Å². The van der Waals surface area contributed by atoms with E-state index >= 15 is 0 Å². The number of rotatable bonds is 6. The van der Waals surface area contributed by atoms with E-state index in [-0.39, 0.29) is 12.5 Å². The maximum atomic E-state index is 11.4. The van der Waals surface area contributed by atoms with Crippen LogP contribution in [-0.4, -0.2) is 23.7 Å². The fourth-order valence-corrected chi connectivity index (χ4v) is 1.67. The number of aliphatic hydroxyl groups is 1. The molecule has 1 fully saturated rings. The van der Waals surface area contributed by atoms with Crippen LogP contribution >= 0.6 is 0 Å². The second-order valence-electron chi connectivity index (χ2n) is 4.62. The molecule has 0 radical (unpaired) electrons. The van der Waals surface area contributed by atoms with E-state index in [1.54, 1.807) is 12.1 Å². The Kier molecular flexibility index (Phi) is 4.20. The van der Waals surface area contributed by atoms with Crippen LogP contribution in [0.4, 0.5) is 0 Å². The van der Waals surface area contributed by atoms with Gasteiger partial charge in [-0.05, 0) is 37.0 Å². The third-order valence-electron chi connectivity index (χ3n) is 2.96. The van der Waals surface area contributed by atoms with E-state index in [1.165, 1.54) is 0 Å². The molecule has 0 aliphatic heterocycles. The van der Waals surface area contributed by atoms with Gasteiger partial charge in [-0.25, -0.2) is 0 Å². The van der Waals surface area contributed by atoms with E-state index in [0.29, 0.717) is 18.2 Å². The highest BCUT2D eigenvalue weighted by atomic mass is 16.5. The van der Waals surface area contributed by atoms with Gasteiger partial charge in [0.1, 0.15) is 5.75 Å². The molecule has 0 heterocycles. The van der Waals surface area contributed by atoms with Gasteiger partial charge in [0.05, 0.1) is 6.10 Å². The standard InChI is InChI=1S/C14H19NO3/c1-2-13(16)10-3-7-12(8-4-10)18-9-14(17)15-11-5-6-11/h3-4,7-8,11,13,16H,2,5-6,9H2,1H3,(H,15,17)/t13-/m0/s1. The third-order valence-corrected chi connectivity index (χ3v) is 2.96. The van der Waals surface area contributed by atoms with Gasteiger partial charge in [0.25, 0.3) is 5.91 Å². The zero-order chi connectivity index (χ0) is 13.0. The molecule has 1 atom stereocenters. The molecule has 1 aliphatic carbocycles. The zero-order valence-electron chi connectivity index (χ0n) is 10.6. The van der Waals surface area contributed by atoms with Crippen LogP contribution in [0.25, 0.3) is 0 Å². The summed E-state index contributed by atoms with van der Waals surface area (Å²) in [6.07, 6.45) is 2.41. The highest BCUT2D eigenvalue weighted by Crippen LogP contribution is 2.20. The lowest BCUT2D eigenvalue weighted by Crippen LogP contribution is -2.30. The molecule has 0 saturated heterocycles. The van der Waals surface area contributed by atoms with Crippen LogP contribution in [0.5, 0.6) is 5.75 Å². The van der Waals surface area contributed by atoms with E-state index in [9.17, 15) is 9.90 Å². The van der Waals surface area contributed by atoms with Gasteiger partial charge in [-0.2, -0.15) is 0 Å². The van der Waals surface area contributed by atoms with Crippen molar-refractivity contribution in [2.75, 3.05) is 6.61 Å². The summed E-state index contributed by atoms with van der Waals surface area (Å²) in [4.78, 5) is 11.4. The lowest BCUT2D eigenvalue weighted by atomic mass is 10.1. The normalized spacial score (nSPS) is 16.1. The smallest absolute Gasteiger partial charge is 0.258 e. The Morgan fingerprint density at radius 1 is 1.44 bits per heavy atom. The molecule has 1 aliphatic rings. The predicted octanol–water partition coefficient (Wildman–Crippen LogP) is 1.79. The molecule has 2 N–H and O–H groups in total. The average Bonchev–Trinajstić information content (AvgIpc) is 3.20. The quantitative estimate of drug-likeness (QED) is 0.808. The first kappa shape index (κ1) is 12.9. The Morgan fingerprint density at radius 2 is 2.11 bits per heavy atom. The van der Waals surface area contributed by atoms with Crippen molar-refractivity contribution in [1.82, 2.24) is 5.32 Å². The molecular weight excluding hydrogens is 230 g/mol. The molecule has 1 aromatic carbocycles. The van der Waals surface area contributed by atoms with Gasteiger partial charge in [-0.1, -0.05) is 19.1 Å². The zero-order valence-corrected chi connectivity index (χ0v) is 10.6. The molecule has 0 aromatic heterocycles. The van der Waals surface area contributed by atoms with Crippen LogP contribution in [-0.2, 0) is 4.79 Å². The summed E-state index contributed by atoms with van der Waals surface area (Å²) in [6.45, 7) is 1.98. The van der Waals surface area contributed by atoms with Crippen LogP contribution in [0.15, 0.2) is 24.3 Å². The summed E-state index contributed by atoms with van der Waals surface area (Å²) < 4.78 is 5.37. The number of aliphatic hydroxyl groups excluding tert-OH is 1. The summed E-state index contributed by atoms with van der Waals surface area (Å²) >= 11 is 0. The van der Waals surface area contributed by atoms with Gasteiger partial charge in [0.15, 0.2) is 6.61 Å². The number of carbonyl (C=O) groups is 1. The van der Waals surface area contributed by atoms with Crippen molar-refractivity contribution in [2.45, 2.75) is 38.3 Å². The number of hydrogen-bond donors (Lipinski definition) is 2. The van der Waals surface area contributed by atoms with Crippen molar-refractivity contribution in [3.63, 3.8) is 0 Å². The number of hydrogen-bond acceptors (Lipinski definition) is 3. The molecule has 4 nitrogen and oxygen atoms in total. The predicted molar refractivity (Wildman–Crippen MR) is 68.4 cm³/mol.